The van der Waals surface area contributed by atoms with Crippen molar-refractivity contribution in [3.05, 3.63) is 71.8 Å². The Balaban J connectivity index is 1.44. The van der Waals surface area contributed by atoms with Crippen LogP contribution >= 0.6 is 0 Å². The first-order valence-electron chi connectivity index (χ1n) is 13.6. The smallest absolute Gasteiger partial charge is 0.307 e. The predicted octanol–water partition coefficient (Wildman–Crippen LogP) is 1.72. The number of aliphatic carboxylic acids is 1. The maximum Gasteiger partial charge on any atom is 0.307 e. The molecule has 2 fully saturated rings. The molecule has 0 saturated carbocycles. The number of hydrogen-bond donors (Lipinski definition) is 4. The standard InChI is InChI=1S/C30H37N3O6/c34-24(16-22(30(38)39)14-20-8-3-1-4-9-20)17-23(15-21-10-5-2-6-11-21)32-28(36)27-18-25(35)19-33(27)29(37)26-12-7-13-31-26/h1-6,8-11,22-23,25-27,31,35H,7,12-19H2,(H,32,36)(H,38,39). The van der Waals surface area contributed by atoms with Gasteiger partial charge in [0, 0.05) is 31.8 Å². The Labute approximate surface area is 228 Å². The molecule has 9 heteroatoms. The normalized spacial score (nSPS) is 22.3. The minimum absolute atomic E-state index is 0.0351. The summed E-state index contributed by atoms with van der Waals surface area (Å²) in [5.41, 5.74) is 1.76. The SMILES string of the molecule is O=C(CC(Cc1ccccc1)NC(=O)C1CC(O)CN1C(=O)C1CCCN1)CC(Cc1ccccc1)C(=O)O. The van der Waals surface area contributed by atoms with Gasteiger partial charge < -0.3 is 25.7 Å². The number of aliphatic hydroxyl groups is 1. The Morgan fingerprint density at radius 1 is 0.949 bits per heavy atom. The van der Waals surface area contributed by atoms with Gasteiger partial charge in [0.05, 0.1) is 18.1 Å². The fraction of sp³-hybridized carbons (Fsp3) is 0.467. The number of carbonyl (C=O) groups excluding carboxylic acids is 3. The van der Waals surface area contributed by atoms with Crippen LogP contribution in [-0.2, 0) is 32.0 Å². The van der Waals surface area contributed by atoms with E-state index in [1.807, 2.05) is 60.7 Å². The van der Waals surface area contributed by atoms with Crippen molar-refractivity contribution in [3.8, 4) is 0 Å². The van der Waals surface area contributed by atoms with Crippen LogP contribution in [-0.4, -0.2) is 76.0 Å². The highest BCUT2D eigenvalue weighted by molar-refractivity contribution is 5.91. The predicted molar refractivity (Wildman–Crippen MR) is 145 cm³/mol. The lowest BCUT2D eigenvalue weighted by atomic mass is 9.91. The van der Waals surface area contributed by atoms with Crippen molar-refractivity contribution < 1.29 is 29.4 Å². The Kier molecular flexibility index (Phi) is 9.84. The highest BCUT2D eigenvalue weighted by Gasteiger charge is 2.42. The Hall–Kier alpha value is -3.56. The van der Waals surface area contributed by atoms with Crippen LogP contribution in [0.1, 0.15) is 43.2 Å². The molecule has 0 spiro atoms. The number of carboxylic acids is 1. The van der Waals surface area contributed by atoms with E-state index in [4.69, 9.17) is 0 Å². The van der Waals surface area contributed by atoms with Crippen molar-refractivity contribution in [2.24, 2.45) is 5.92 Å². The van der Waals surface area contributed by atoms with E-state index in [9.17, 15) is 29.4 Å². The van der Waals surface area contributed by atoms with Crippen molar-refractivity contribution in [2.45, 2.75) is 69.2 Å². The number of carbonyl (C=O) groups is 4. The molecule has 2 aliphatic rings. The minimum atomic E-state index is -1.04. The van der Waals surface area contributed by atoms with Crippen LogP contribution in [0.5, 0.6) is 0 Å². The molecule has 5 unspecified atom stereocenters. The summed E-state index contributed by atoms with van der Waals surface area (Å²) in [5.74, 6) is -2.76. The molecule has 2 amide bonds. The molecule has 0 aliphatic carbocycles. The fourth-order valence-corrected chi connectivity index (χ4v) is 5.55. The number of amides is 2. The first-order chi connectivity index (χ1) is 18.8. The number of ketones is 1. The minimum Gasteiger partial charge on any atom is -0.481 e. The van der Waals surface area contributed by atoms with E-state index in [2.05, 4.69) is 10.6 Å². The lowest BCUT2D eigenvalue weighted by molar-refractivity contribution is -0.144. The number of nitrogens with zero attached hydrogens (tertiary/aromatic N) is 1. The van der Waals surface area contributed by atoms with Crippen molar-refractivity contribution in [1.29, 1.82) is 0 Å². The molecular weight excluding hydrogens is 498 g/mol. The van der Waals surface area contributed by atoms with Gasteiger partial charge in [0.25, 0.3) is 0 Å². The quantitative estimate of drug-likeness (QED) is 0.325. The molecule has 0 bridgehead atoms. The molecule has 2 aromatic rings. The van der Waals surface area contributed by atoms with Crippen LogP contribution in [0.2, 0.25) is 0 Å². The molecule has 2 heterocycles. The maximum absolute atomic E-state index is 13.4. The van der Waals surface area contributed by atoms with Crippen LogP contribution in [0.25, 0.3) is 0 Å². The number of likely N-dealkylation sites (tertiary alicyclic amines) is 1. The van der Waals surface area contributed by atoms with Gasteiger partial charge in [-0.15, -0.1) is 0 Å². The van der Waals surface area contributed by atoms with E-state index < -0.39 is 36.0 Å². The van der Waals surface area contributed by atoms with Gasteiger partial charge in [0.15, 0.2) is 0 Å². The molecule has 0 aromatic heterocycles. The summed E-state index contributed by atoms with van der Waals surface area (Å²) >= 11 is 0. The summed E-state index contributed by atoms with van der Waals surface area (Å²) in [5, 5.41) is 26.2. The summed E-state index contributed by atoms with van der Waals surface area (Å²) in [7, 11) is 0. The van der Waals surface area contributed by atoms with Gasteiger partial charge in [-0.3, -0.25) is 19.2 Å². The van der Waals surface area contributed by atoms with E-state index in [0.717, 1.165) is 24.1 Å². The molecule has 39 heavy (non-hydrogen) atoms. The molecule has 0 radical (unpaired) electrons. The van der Waals surface area contributed by atoms with Crippen LogP contribution in [0, 0.1) is 5.92 Å². The number of Topliss-reactive ketones (excluding diaryl/α,β-unsaturated/α-hetero) is 1. The van der Waals surface area contributed by atoms with Gasteiger partial charge in [-0.05, 0) is 43.4 Å². The van der Waals surface area contributed by atoms with E-state index in [1.165, 1.54) is 4.90 Å². The Bertz CT molecular complexity index is 1140. The Morgan fingerprint density at radius 3 is 2.18 bits per heavy atom. The topological polar surface area (TPSA) is 136 Å². The van der Waals surface area contributed by atoms with Crippen molar-refractivity contribution >= 4 is 23.6 Å². The van der Waals surface area contributed by atoms with Gasteiger partial charge in [-0.2, -0.15) is 0 Å². The lowest BCUT2D eigenvalue weighted by Crippen LogP contribution is -2.53. The van der Waals surface area contributed by atoms with Gasteiger partial charge in [-0.25, -0.2) is 0 Å². The molecule has 2 aromatic carbocycles. The summed E-state index contributed by atoms with van der Waals surface area (Å²) < 4.78 is 0. The Morgan fingerprint density at radius 2 is 1.59 bits per heavy atom. The maximum atomic E-state index is 13.4. The molecule has 4 N–H and O–H groups in total. The molecule has 2 aliphatic heterocycles. The molecule has 9 nitrogen and oxygen atoms in total. The fourth-order valence-electron chi connectivity index (χ4n) is 5.55. The number of rotatable bonds is 12. The van der Waals surface area contributed by atoms with E-state index in [-0.39, 0.29) is 50.0 Å². The first kappa shape index (κ1) is 28.4. The van der Waals surface area contributed by atoms with Gasteiger partial charge in [0.1, 0.15) is 11.8 Å². The second kappa shape index (κ2) is 13.5. The monoisotopic (exact) mass is 535 g/mol. The largest absolute Gasteiger partial charge is 0.481 e. The third-order valence-electron chi connectivity index (χ3n) is 7.52. The highest BCUT2D eigenvalue weighted by Crippen LogP contribution is 2.22. The van der Waals surface area contributed by atoms with Crippen LogP contribution in [0.4, 0.5) is 0 Å². The van der Waals surface area contributed by atoms with Crippen LogP contribution in [0.15, 0.2) is 60.7 Å². The van der Waals surface area contributed by atoms with Crippen molar-refractivity contribution in [3.63, 3.8) is 0 Å². The van der Waals surface area contributed by atoms with Gasteiger partial charge in [0.2, 0.25) is 11.8 Å². The zero-order valence-corrected chi connectivity index (χ0v) is 22.0. The number of benzene rings is 2. The molecule has 208 valence electrons. The number of carboxylic acid groups (broad SMARTS) is 1. The first-order valence-corrected chi connectivity index (χ1v) is 13.6. The summed E-state index contributed by atoms with van der Waals surface area (Å²) in [4.78, 5) is 53.0. The van der Waals surface area contributed by atoms with E-state index in [1.54, 1.807) is 0 Å². The molecular formula is C30H37N3O6. The number of nitrogens with one attached hydrogen (secondary N) is 2. The third-order valence-corrected chi connectivity index (χ3v) is 7.52. The van der Waals surface area contributed by atoms with Crippen LogP contribution in [0.3, 0.4) is 0 Å². The third kappa shape index (κ3) is 7.97. The number of aliphatic hydroxyl groups excluding tert-OH is 1. The summed E-state index contributed by atoms with van der Waals surface area (Å²) in [6.45, 7) is 0.837. The second-order valence-electron chi connectivity index (χ2n) is 10.6. The summed E-state index contributed by atoms with van der Waals surface area (Å²) in [6.07, 6.45) is 1.35. The lowest BCUT2D eigenvalue weighted by Gasteiger charge is -2.28. The summed E-state index contributed by atoms with van der Waals surface area (Å²) in [6, 6.07) is 16.9. The van der Waals surface area contributed by atoms with E-state index >= 15 is 0 Å². The molecule has 2 saturated heterocycles. The highest BCUT2D eigenvalue weighted by atomic mass is 16.4. The zero-order valence-electron chi connectivity index (χ0n) is 22.0. The second-order valence-corrected chi connectivity index (χ2v) is 10.6. The number of hydrogen-bond acceptors (Lipinski definition) is 6. The van der Waals surface area contributed by atoms with Gasteiger partial charge in [-0.1, -0.05) is 60.7 Å². The molecule has 4 rings (SSSR count). The average molecular weight is 536 g/mol. The molecule has 5 atom stereocenters. The average Bonchev–Trinajstić information content (AvgIpc) is 3.59. The van der Waals surface area contributed by atoms with Crippen LogP contribution < -0.4 is 10.6 Å². The number of β-amino-alcohol motifs (C(OH)–C–C–N with tert-alkyl or cyclic N) is 1. The zero-order chi connectivity index (χ0) is 27.8. The van der Waals surface area contributed by atoms with Crippen molar-refractivity contribution in [2.75, 3.05) is 13.1 Å². The van der Waals surface area contributed by atoms with Gasteiger partial charge >= 0.3 is 5.97 Å². The van der Waals surface area contributed by atoms with E-state index in [0.29, 0.717) is 12.8 Å². The van der Waals surface area contributed by atoms with Crippen molar-refractivity contribution in [1.82, 2.24) is 15.5 Å².